The van der Waals surface area contributed by atoms with Crippen LogP contribution >= 0.6 is 23.2 Å². The number of ether oxygens (including phenoxy) is 3. The third kappa shape index (κ3) is 7.55. The summed E-state index contributed by atoms with van der Waals surface area (Å²) in [6, 6.07) is 13.2. The molecule has 1 saturated heterocycles. The normalized spacial score (nSPS) is 15.4. The first-order valence-electron chi connectivity index (χ1n) is 10.8. The summed E-state index contributed by atoms with van der Waals surface area (Å²) in [6.45, 7) is 5.18. The first-order valence-corrected chi connectivity index (χ1v) is 11.6. The molecule has 1 amide bonds. The average Bonchev–Trinajstić information content (AvgIpc) is 2.80. The Kier molecular flexibility index (Phi) is 9.48. The Morgan fingerprint density at radius 3 is 2.75 bits per heavy atom. The van der Waals surface area contributed by atoms with Crippen molar-refractivity contribution < 1.29 is 19.0 Å². The lowest BCUT2D eigenvalue weighted by molar-refractivity contribution is -0.127. The topological polar surface area (TPSA) is 60.0 Å². The zero-order valence-electron chi connectivity index (χ0n) is 18.5. The van der Waals surface area contributed by atoms with Crippen LogP contribution in [0.2, 0.25) is 10.0 Å². The summed E-state index contributed by atoms with van der Waals surface area (Å²) in [5.41, 5.74) is 0.949. The maximum Gasteiger partial charge on any atom is 0.261 e. The van der Waals surface area contributed by atoms with Crippen molar-refractivity contribution in [2.75, 3.05) is 33.4 Å². The smallest absolute Gasteiger partial charge is 0.261 e. The summed E-state index contributed by atoms with van der Waals surface area (Å²) in [6.07, 6.45) is 1.43. The highest BCUT2D eigenvalue weighted by Gasteiger charge is 2.18. The van der Waals surface area contributed by atoms with Gasteiger partial charge in [0.15, 0.2) is 6.10 Å². The fourth-order valence-corrected chi connectivity index (χ4v) is 3.96. The minimum Gasteiger partial charge on any atom is -0.492 e. The Morgan fingerprint density at radius 2 is 2.00 bits per heavy atom. The summed E-state index contributed by atoms with van der Waals surface area (Å²) in [5, 5.41) is 3.76. The lowest BCUT2D eigenvalue weighted by atomic mass is 10.1. The molecule has 0 radical (unpaired) electrons. The van der Waals surface area contributed by atoms with Gasteiger partial charge in [-0.15, -0.1) is 0 Å². The van der Waals surface area contributed by atoms with Gasteiger partial charge in [0.2, 0.25) is 0 Å². The Labute approximate surface area is 199 Å². The van der Waals surface area contributed by atoms with Crippen LogP contribution < -0.4 is 14.8 Å². The Bertz CT molecular complexity index is 890. The van der Waals surface area contributed by atoms with Crippen LogP contribution in [0.5, 0.6) is 11.5 Å². The molecule has 0 spiro atoms. The SMILES string of the molecule is CC(Oc1ccc(Cl)cc1Cl)C(=O)NCc1cccc(OCCN(C)C2CCOCC2)c1. The summed E-state index contributed by atoms with van der Waals surface area (Å²) >= 11 is 12.0. The van der Waals surface area contributed by atoms with E-state index in [2.05, 4.69) is 17.3 Å². The molecule has 1 atom stereocenters. The van der Waals surface area contributed by atoms with Crippen molar-refractivity contribution in [1.82, 2.24) is 10.2 Å². The first kappa shape index (κ1) is 24.6. The first-order chi connectivity index (χ1) is 15.4. The van der Waals surface area contributed by atoms with E-state index in [0.717, 1.165) is 43.9 Å². The van der Waals surface area contributed by atoms with Crippen LogP contribution in [0.1, 0.15) is 25.3 Å². The van der Waals surface area contributed by atoms with Crippen molar-refractivity contribution >= 4 is 29.1 Å². The van der Waals surface area contributed by atoms with Crippen LogP contribution in [0.25, 0.3) is 0 Å². The molecule has 0 saturated carbocycles. The fraction of sp³-hybridized carbons (Fsp3) is 0.458. The van der Waals surface area contributed by atoms with Gasteiger partial charge in [-0.1, -0.05) is 35.3 Å². The third-order valence-electron chi connectivity index (χ3n) is 5.46. The molecule has 3 rings (SSSR count). The monoisotopic (exact) mass is 480 g/mol. The number of amides is 1. The molecule has 1 aliphatic rings. The van der Waals surface area contributed by atoms with Crippen molar-refractivity contribution in [2.45, 2.75) is 38.5 Å². The number of hydrogen-bond acceptors (Lipinski definition) is 5. The number of likely N-dealkylation sites (N-methyl/N-ethyl adjacent to an activating group) is 1. The second-order valence-electron chi connectivity index (χ2n) is 7.87. The molecular formula is C24H30Cl2N2O4. The molecule has 1 N–H and O–H groups in total. The molecule has 2 aromatic carbocycles. The molecule has 2 aromatic rings. The molecule has 0 aliphatic carbocycles. The number of carbonyl (C=O) groups excluding carboxylic acids is 1. The van der Waals surface area contributed by atoms with E-state index in [4.69, 9.17) is 37.4 Å². The van der Waals surface area contributed by atoms with Gasteiger partial charge in [-0.05, 0) is 62.7 Å². The van der Waals surface area contributed by atoms with Crippen LogP contribution in [0, 0.1) is 0 Å². The summed E-state index contributed by atoms with van der Waals surface area (Å²) in [7, 11) is 2.13. The van der Waals surface area contributed by atoms with E-state index >= 15 is 0 Å². The molecule has 1 fully saturated rings. The van der Waals surface area contributed by atoms with Gasteiger partial charge in [0.1, 0.15) is 18.1 Å². The van der Waals surface area contributed by atoms with E-state index < -0.39 is 6.10 Å². The second kappa shape index (κ2) is 12.3. The van der Waals surface area contributed by atoms with E-state index in [0.29, 0.717) is 35.0 Å². The van der Waals surface area contributed by atoms with Crippen molar-refractivity contribution in [1.29, 1.82) is 0 Å². The van der Waals surface area contributed by atoms with Crippen molar-refractivity contribution in [3.8, 4) is 11.5 Å². The number of carbonyl (C=O) groups is 1. The number of rotatable bonds is 10. The largest absolute Gasteiger partial charge is 0.492 e. The molecule has 0 bridgehead atoms. The maximum absolute atomic E-state index is 12.4. The lowest BCUT2D eigenvalue weighted by Crippen LogP contribution is -2.38. The van der Waals surface area contributed by atoms with Crippen LogP contribution in [-0.2, 0) is 16.1 Å². The average molecular weight is 481 g/mol. The third-order valence-corrected chi connectivity index (χ3v) is 5.99. The van der Waals surface area contributed by atoms with Crippen molar-refractivity contribution in [3.63, 3.8) is 0 Å². The minimum absolute atomic E-state index is 0.236. The number of nitrogens with one attached hydrogen (secondary N) is 1. The Hall–Kier alpha value is -1.99. The van der Waals surface area contributed by atoms with Crippen molar-refractivity contribution in [3.05, 3.63) is 58.1 Å². The number of nitrogens with zero attached hydrogens (tertiary/aromatic N) is 1. The second-order valence-corrected chi connectivity index (χ2v) is 8.72. The van der Waals surface area contributed by atoms with Crippen LogP contribution in [-0.4, -0.2) is 56.4 Å². The lowest BCUT2D eigenvalue weighted by Gasteiger charge is -2.31. The van der Waals surface area contributed by atoms with Gasteiger partial charge in [-0.25, -0.2) is 0 Å². The summed E-state index contributed by atoms with van der Waals surface area (Å²) in [4.78, 5) is 14.8. The van der Waals surface area contributed by atoms with E-state index in [1.165, 1.54) is 0 Å². The predicted octanol–water partition coefficient (Wildman–Crippen LogP) is 4.57. The van der Waals surface area contributed by atoms with Gasteiger partial charge in [0.05, 0.1) is 5.02 Å². The standard InChI is InChI=1S/C24H30Cl2N2O4/c1-17(32-23-7-6-19(25)15-22(23)26)24(29)27-16-18-4-3-5-21(14-18)31-13-10-28(2)20-8-11-30-12-9-20/h3-7,14-15,17,20H,8-13,16H2,1-2H3,(H,27,29). The highest BCUT2D eigenvalue weighted by Crippen LogP contribution is 2.28. The van der Waals surface area contributed by atoms with Gasteiger partial charge < -0.3 is 19.5 Å². The fourth-order valence-electron chi connectivity index (χ4n) is 3.51. The molecule has 174 valence electrons. The molecule has 8 heteroatoms. The van der Waals surface area contributed by atoms with Crippen LogP contribution in [0.3, 0.4) is 0 Å². The van der Waals surface area contributed by atoms with Gasteiger partial charge in [-0.2, -0.15) is 0 Å². The van der Waals surface area contributed by atoms with Crippen molar-refractivity contribution in [2.24, 2.45) is 0 Å². The van der Waals surface area contributed by atoms with Gasteiger partial charge >= 0.3 is 0 Å². The highest BCUT2D eigenvalue weighted by molar-refractivity contribution is 6.35. The van der Waals surface area contributed by atoms with E-state index in [1.807, 2.05) is 24.3 Å². The summed E-state index contributed by atoms with van der Waals surface area (Å²) in [5.74, 6) is 0.967. The molecule has 1 unspecified atom stereocenters. The number of halogens is 2. The van der Waals surface area contributed by atoms with Gasteiger partial charge in [0, 0.05) is 37.4 Å². The van der Waals surface area contributed by atoms with Gasteiger partial charge in [0.25, 0.3) is 5.91 Å². The molecule has 6 nitrogen and oxygen atoms in total. The summed E-state index contributed by atoms with van der Waals surface area (Å²) < 4.78 is 17.0. The quantitative estimate of drug-likeness (QED) is 0.539. The molecular weight excluding hydrogens is 451 g/mol. The molecule has 0 aromatic heterocycles. The number of hydrogen-bond donors (Lipinski definition) is 1. The van der Waals surface area contributed by atoms with Crippen LogP contribution in [0.15, 0.2) is 42.5 Å². The molecule has 32 heavy (non-hydrogen) atoms. The van der Waals surface area contributed by atoms with E-state index in [-0.39, 0.29) is 5.91 Å². The minimum atomic E-state index is -0.700. The molecule has 1 heterocycles. The number of benzene rings is 2. The Balaban J connectivity index is 1.43. The zero-order chi connectivity index (χ0) is 22.9. The molecule has 1 aliphatic heterocycles. The predicted molar refractivity (Wildman–Crippen MR) is 127 cm³/mol. The van der Waals surface area contributed by atoms with E-state index in [1.54, 1.807) is 25.1 Å². The highest BCUT2D eigenvalue weighted by atomic mass is 35.5. The maximum atomic E-state index is 12.4. The Morgan fingerprint density at radius 1 is 1.22 bits per heavy atom. The van der Waals surface area contributed by atoms with E-state index in [9.17, 15) is 4.79 Å². The van der Waals surface area contributed by atoms with Gasteiger partial charge in [-0.3, -0.25) is 9.69 Å². The zero-order valence-corrected chi connectivity index (χ0v) is 20.0. The van der Waals surface area contributed by atoms with Crippen LogP contribution in [0.4, 0.5) is 0 Å².